The second-order valence-corrected chi connectivity index (χ2v) is 5.29. The fourth-order valence-electron chi connectivity index (χ4n) is 2.64. The van der Waals surface area contributed by atoms with Crippen molar-refractivity contribution < 1.29 is 4.39 Å². The molecule has 1 atom stereocenters. The summed E-state index contributed by atoms with van der Waals surface area (Å²) in [7, 11) is 0. The fourth-order valence-corrected chi connectivity index (χ4v) is 2.89. The lowest BCUT2D eigenvalue weighted by atomic mass is 10.1. The van der Waals surface area contributed by atoms with Gasteiger partial charge in [-0.15, -0.1) is 0 Å². The molecule has 100 valence electrons. The summed E-state index contributed by atoms with van der Waals surface area (Å²) in [6.07, 6.45) is 5.67. The molecule has 3 rings (SSSR count). The zero-order valence-corrected chi connectivity index (χ0v) is 11.2. The lowest BCUT2D eigenvalue weighted by molar-refractivity contribution is 0.600. The van der Waals surface area contributed by atoms with Crippen LogP contribution in [-0.4, -0.2) is 9.78 Å². The first-order valence-electron chi connectivity index (χ1n) is 6.45. The van der Waals surface area contributed by atoms with Crippen LogP contribution in [0, 0.1) is 5.82 Å². The van der Waals surface area contributed by atoms with Gasteiger partial charge in [0, 0.05) is 17.3 Å². The molecule has 0 aliphatic heterocycles. The highest BCUT2D eigenvalue weighted by Crippen LogP contribution is 2.31. The van der Waals surface area contributed by atoms with Crippen molar-refractivity contribution in [1.82, 2.24) is 9.78 Å². The molecule has 0 amide bonds. The third kappa shape index (κ3) is 2.15. The maximum absolute atomic E-state index is 14.0. The lowest BCUT2D eigenvalue weighted by Crippen LogP contribution is -2.11. The van der Waals surface area contributed by atoms with Crippen LogP contribution < -0.4 is 5.73 Å². The van der Waals surface area contributed by atoms with Crippen molar-refractivity contribution in [3.8, 4) is 5.69 Å². The molecular formula is C14H15ClFN3. The summed E-state index contributed by atoms with van der Waals surface area (Å²) < 4.78 is 15.6. The summed E-state index contributed by atoms with van der Waals surface area (Å²) in [5.74, 6) is -0.365. The Labute approximate surface area is 116 Å². The Morgan fingerprint density at radius 2 is 2.21 bits per heavy atom. The van der Waals surface area contributed by atoms with E-state index >= 15 is 0 Å². The van der Waals surface area contributed by atoms with E-state index in [0.717, 1.165) is 36.9 Å². The summed E-state index contributed by atoms with van der Waals surface area (Å²) in [6, 6.07) is 4.64. The summed E-state index contributed by atoms with van der Waals surface area (Å²) in [4.78, 5) is 0. The van der Waals surface area contributed by atoms with Crippen molar-refractivity contribution in [2.24, 2.45) is 5.73 Å². The van der Waals surface area contributed by atoms with Gasteiger partial charge in [0.2, 0.25) is 0 Å². The van der Waals surface area contributed by atoms with Crippen LogP contribution in [0.3, 0.4) is 0 Å². The molecule has 19 heavy (non-hydrogen) atoms. The van der Waals surface area contributed by atoms with E-state index in [4.69, 9.17) is 17.3 Å². The molecule has 3 nitrogen and oxygen atoms in total. The molecule has 5 heteroatoms. The van der Waals surface area contributed by atoms with Gasteiger partial charge in [-0.2, -0.15) is 5.10 Å². The number of halogens is 2. The molecule has 1 aromatic carbocycles. The van der Waals surface area contributed by atoms with Crippen LogP contribution in [0.5, 0.6) is 0 Å². The molecule has 1 aliphatic carbocycles. The Kier molecular flexibility index (Phi) is 3.29. The number of rotatable bonds is 1. The number of hydrogen-bond acceptors (Lipinski definition) is 2. The minimum atomic E-state index is -0.365. The smallest absolute Gasteiger partial charge is 0.150 e. The van der Waals surface area contributed by atoms with E-state index in [1.165, 1.54) is 6.07 Å². The van der Waals surface area contributed by atoms with Crippen molar-refractivity contribution in [3.05, 3.63) is 46.5 Å². The van der Waals surface area contributed by atoms with E-state index < -0.39 is 0 Å². The molecule has 1 aliphatic rings. The maximum Gasteiger partial charge on any atom is 0.150 e. The Morgan fingerprint density at radius 3 is 3.00 bits per heavy atom. The minimum absolute atomic E-state index is 0.0169. The SMILES string of the molecule is NC1CCCCc2c1cnn2-c1c(F)cccc1Cl. The third-order valence-corrected chi connectivity index (χ3v) is 3.93. The van der Waals surface area contributed by atoms with E-state index in [0.29, 0.717) is 10.7 Å². The number of benzene rings is 1. The average Bonchev–Trinajstić information content (AvgIpc) is 2.69. The molecule has 0 saturated heterocycles. The number of hydrogen-bond donors (Lipinski definition) is 1. The summed E-state index contributed by atoms with van der Waals surface area (Å²) in [6.45, 7) is 0. The molecule has 2 aromatic rings. The van der Waals surface area contributed by atoms with Gasteiger partial charge in [-0.1, -0.05) is 24.1 Å². The largest absolute Gasteiger partial charge is 0.324 e. The van der Waals surface area contributed by atoms with Crippen LogP contribution >= 0.6 is 11.6 Å². The van der Waals surface area contributed by atoms with Crippen molar-refractivity contribution >= 4 is 11.6 Å². The van der Waals surface area contributed by atoms with Crippen LogP contribution in [0.4, 0.5) is 4.39 Å². The second kappa shape index (κ2) is 4.94. The fraction of sp³-hybridized carbons (Fsp3) is 0.357. The van der Waals surface area contributed by atoms with Gasteiger partial charge in [-0.25, -0.2) is 9.07 Å². The molecule has 0 bridgehead atoms. The molecule has 1 heterocycles. The normalized spacial score (nSPS) is 19.0. The number of para-hydroxylation sites is 1. The van der Waals surface area contributed by atoms with Crippen LogP contribution in [0.2, 0.25) is 5.02 Å². The van der Waals surface area contributed by atoms with Crippen molar-refractivity contribution in [1.29, 1.82) is 0 Å². The molecule has 1 aromatic heterocycles. The molecule has 0 spiro atoms. The van der Waals surface area contributed by atoms with E-state index in [-0.39, 0.29) is 11.9 Å². The first-order chi connectivity index (χ1) is 9.18. The minimum Gasteiger partial charge on any atom is -0.324 e. The highest BCUT2D eigenvalue weighted by atomic mass is 35.5. The van der Waals surface area contributed by atoms with Gasteiger partial charge in [0.05, 0.1) is 11.2 Å². The molecule has 0 radical (unpaired) electrons. The maximum atomic E-state index is 14.0. The Hall–Kier alpha value is -1.39. The molecular weight excluding hydrogens is 265 g/mol. The van der Waals surface area contributed by atoms with Crippen molar-refractivity contribution in [3.63, 3.8) is 0 Å². The van der Waals surface area contributed by atoms with Gasteiger partial charge in [0.25, 0.3) is 0 Å². The zero-order valence-electron chi connectivity index (χ0n) is 10.4. The van der Waals surface area contributed by atoms with Gasteiger partial charge in [0.1, 0.15) is 11.5 Å². The van der Waals surface area contributed by atoms with Gasteiger partial charge in [-0.3, -0.25) is 0 Å². The average molecular weight is 280 g/mol. The number of nitrogens with zero attached hydrogens (tertiary/aromatic N) is 2. The Morgan fingerprint density at radius 1 is 1.37 bits per heavy atom. The summed E-state index contributed by atoms with van der Waals surface area (Å²) >= 11 is 6.11. The van der Waals surface area contributed by atoms with Crippen LogP contribution in [0.15, 0.2) is 24.4 Å². The molecule has 1 unspecified atom stereocenters. The number of nitrogens with two attached hydrogens (primary N) is 1. The monoisotopic (exact) mass is 279 g/mol. The van der Waals surface area contributed by atoms with E-state index in [9.17, 15) is 4.39 Å². The summed E-state index contributed by atoms with van der Waals surface area (Å²) in [5, 5.41) is 4.66. The van der Waals surface area contributed by atoms with Gasteiger partial charge in [0.15, 0.2) is 0 Å². The predicted molar refractivity (Wildman–Crippen MR) is 73.0 cm³/mol. The van der Waals surface area contributed by atoms with Crippen LogP contribution in [-0.2, 0) is 6.42 Å². The van der Waals surface area contributed by atoms with Crippen molar-refractivity contribution in [2.45, 2.75) is 31.7 Å². The van der Waals surface area contributed by atoms with Crippen LogP contribution in [0.25, 0.3) is 5.69 Å². The van der Waals surface area contributed by atoms with E-state index in [1.807, 2.05) is 0 Å². The highest BCUT2D eigenvalue weighted by Gasteiger charge is 2.22. The first kappa shape index (κ1) is 12.6. The standard InChI is InChI=1S/C14H15ClFN3/c15-10-4-3-5-11(16)14(10)19-13-7-2-1-6-12(17)9(13)8-18-19/h3-5,8,12H,1-2,6-7,17H2. The predicted octanol–water partition coefficient (Wildman–Crippen LogP) is 3.39. The van der Waals surface area contributed by atoms with Crippen molar-refractivity contribution in [2.75, 3.05) is 0 Å². The van der Waals surface area contributed by atoms with Gasteiger partial charge < -0.3 is 5.73 Å². The quantitative estimate of drug-likeness (QED) is 0.813. The van der Waals surface area contributed by atoms with Crippen LogP contribution in [0.1, 0.15) is 36.6 Å². The van der Waals surface area contributed by atoms with E-state index in [1.54, 1.807) is 23.0 Å². The summed E-state index contributed by atoms with van der Waals surface area (Å²) in [5.41, 5.74) is 8.45. The number of aromatic nitrogens is 2. The third-order valence-electron chi connectivity index (χ3n) is 3.63. The first-order valence-corrected chi connectivity index (χ1v) is 6.83. The lowest BCUT2D eigenvalue weighted by Gasteiger charge is -2.11. The molecule has 2 N–H and O–H groups in total. The van der Waals surface area contributed by atoms with Gasteiger partial charge >= 0.3 is 0 Å². The van der Waals surface area contributed by atoms with E-state index in [2.05, 4.69) is 5.10 Å². The number of fused-ring (bicyclic) bond motifs is 1. The topological polar surface area (TPSA) is 43.8 Å². The molecule has 0 fully saturated rings. The molecule has 0 saturated carbocycles. The van der Waals surface area contributed by atoms with Gasteiger partial charge in [-0.05, 0) is 31.4 Å². The Balaban J connectivity index is 2.17. The highest BCUT2D eigenvalue weighted by molar-refractivity contribution is 6.32. The Bertz CT molecular complexity index is 588. The zero-order chi connectivity index (χ0) is 13.4. The second-order valence-electron chi connectivity index (χ2n) is 4.88.